The Morgan fingerprint density at radius 3 is 2.61 bits per heavy atom. The molecule has 6 heteroatoms. The molecule has 1 amide bonds. The van der Waals surface area contributed by atoms with Crippen LogP contribution in [0.1, 0.15) is 18.4 Å². The number of piperidine rings is 1. The molecule has 2 aliphatic rings. The number of benzene rings is 1. The number of ether oxygens (including phenoxy) is 1. The summed E-state index contributed by atoms with van der Waals surface area (Å²) in [6, 6.07) is 10.0. The van der Waals surface area contributed by atoms with E-state index in [0.29, 0.717) is 18.3 Å². The highest BCUT2D eigenvalue weighted by molar-refractivity contribution is 7.80. The molecule has 0 saturated carbocycles. The molecule has 0 spiro atoms. The monoisotopic (exact) mass is 333 g/mol. The molecule has 2 fully saturated rings. The van der Waals surface area contributed by atoms with Crippen LogP contribution in [0, 0.1) is 5.92 Å². The van der Waals surface area contributed by atoms with Crippen LogP contribution < -0.4 is 5.32 Å². The van der Waals surface area contributed by atoms with Crippen molar-refractivity contribution in [3.63, 3.8) is 0 Å². The second-order valence-corrected chi connectivity index (χ2v) is 6.46. The molecule has 0 atom stereocenters. The number of thiocarbonyl (C=S) groups is 1. The van der Waals surface area contributed by atoms with Crippen molar-refractivity contribution in [3.8, 4) is 0 Å². The van der Waals surface area contributed by atoms with Gasteiger partial charge in [-0.1, -0.05) is 30.3 Å². The van der Waals surface area contributed by atoms with Crippen LogP contribution in [0.2, 0.25) is 0 Å². The fourth-order valence-electron chi connectivity index (χ4n) is 3.06. The van der Waals surface area contributed by atoms with Gasteiger partial charge in [-0.05, 0) is 30.6 Å². The minimum Gasteiger partial charge on any atom is -0.469 e. The average molecular weight is 333 g/mol. The van der Waals surface area contributed by atoms with E-state index in [-0.39, 0.29) is 11.8 Å². The summed E-state index contributed by atoms with van der Waals surface area (Å²) in [5.41, 5.74) is 1.14. The number of likely N-dealkylation sites (tertiary alicyclic amines) is 1. The third-order valence-corrected chi connectivity index (χ3v) is 4.86. The lowest BCUT2D eigenvalue weighted by molar-refractivity contribution is -0.126. The van der Waals surface area contributed by atoms with E-state index in [4.69, 9.17) is 17.0 Å². The van der Waals surface area contributed by atoms with Crippen LogP contribution in [-0.2, 0) is 16.1 Å². The summed E-state index contributed by atoms with van der Waals surface area (Å²) >= 11 is 5.17. The molecule has 0 aromatic heterocycles. The smallest absolute Gasteiger partial charge is 0.260 e. The number of carbonyl (C=O) groups is 1. The molecular weight excluding hydrogens is 310 g/mol. The van der Waals surface area contributed by atoms with E-state index >= 15 is 0 Å². The zero-order valence-electron chi connectivity index (χ0n) is 13.2. The van der Waals surface area contributed by atoms with E-state index in [1.807, 2.05) is 30.3 Å². The normalized spacial score (nSPS) is 19.7. The van der Waals surface area contributed by atoms with Crippen molar-refractivity contribution in [2.24, 2.45) is 5.92 Å². The Morgan fingerprint density at radius 2 is 1.96 bits per heavy atom. The lowest BCUT2D eigenvalue weighted by Crippen LogP contribution is -2.45. The zero-order valence-corrected chi connectivity index (χ0v) is 14.1. The molecule has 1 aromatic carbocycles. The minimum atomic E-state index is 0.122. The minimum absolute atomic E-state index is 0.122. The van der Waals surface area contributed by atoms with Gasteiger partial charge in [-0.3, -0.25) is 9.69 Å². The highest BCUT2D eigenvalue weighted by Gasteiger charge is 2.27. The molecule has 1 aromatic rings. The Balaban J connectivity index is 1.39. The van der Waals surface area contributed by atoms with E-state index in [2.05, 4.69) is 15.1 Å². The van der Waals surface area contributed by atoms with Gasteiger partial charge in [-0.15, -0.1) is 0 Å². The van der Waals surface area contributed by atoms with Gasteiger partial charge in [0.15, 0.2) is 0 Å². The molecule has 1 N–H and O–H groups in total. The van der Waals surface area contributed by atoms with Crippen molar-refractivity contribution in [2.75, 3.05) is 32.9 Å². The second-order valence-electron chi connectivity index (χ2n) is 6.11. The van der Waals surface area contributed by atoms with Gasteiger partial charge in [0.05, 0.1) is 13.2 Å². The van der Waals surface area contributed by atoms with Crippen molar-refractivity contribution in [3.05, 3.63) is 35.9 Å². The molecule has 2 aliphatic heterocycles. The van der Waals surface area contributed by atoms with E-state index < -0.39 is 0 Å². The molecule has 3 rings (SSSR count). The SMILES string of the molecule is O=C(NCc1ccccc1)C1CCN(CN2CCOC2=S)CC1. The van der Waals surface area contributed by atoms with Crippen molar-refractivity contribution in [1.29, 1.82) is 0 Å². The number of hydrogen-bond acceptors (Lipinski definition) is 4. The van der Waals surface area contributed by atoms with Crippen molar-refractivity contribution >= 4 is 23.3 Å². The van der Waals surface area contributed by atoms with Crippen LogP contribution >= 0.6 is 12.2 Å². The van der Waals surface area contributed by atoms with Crippen LogP contribution in [0.3, 0.4) is 0 Å². The molecule has 0 bridgehead atoms. The predicted octanol–water partition coefficient (Wildman–Crippen LogP) is 1.59. The van der Waals surface area contributed by atoms with Crippen LogP contribution in [-0.4, -0.2) is 53.8 Å². The molecule has 0 unspecified atom stereocenters. The lowest BCUT2D eigenvalue weighted by atomic mass is 9.96. The van der Waals surface area contributed by atoms with E-state index in [0.717, 1.165) is 44.7 Å². The molecule has 0 radical (unpaired) electrons. The summed E-state index contributed by atoms with van der Waals surface area (Å²) in [6.07, 6.45) is 1.81. The Hall–Kier alpha value is -1.66. The number of nitrogens with one attached hydrogen (secondary N) is 1. The highest BCUT2D eigenvalue weighted by atomic mass is 32.1. The first-order chi connectivity index (χ1) is 11.2. The molecule has 124 valence electrons. The van der Waals surface area contributed by atoms with Crippen LogP contribution in [0.15, 0.2) is 30.3 Å². The summed E-state index contributed by atoms with van der Waals surface area (Å²) in [5.74, 6) is 0.297. The highest BCUT2D eigenvalue weighted by Crippen LogP contribution is 2.18. The molecule has 0 aliphatic carbocycles. The lowest BCUT2D eigenvalue weighted by Gasteiger charge is -2.33. The Kier molecular flexibility index (Phi) is 5.46. The molecular formula is C17H23N3O2S. The van der Waals surface area contributed by atoms with Gasteiger partial charge in [-0.2, -0.15) is 0 Å². The summed E-state index contributed by atoms with van der Waals surface area (Å²) in [7, 11) is 0. The summed E-state index contributed by atoms with van der Waals surface area (Å²) < 4.78 is 5.31. The Bertz CT molecular complexity index is 544. The van der Waals surface area contributed by atoms with E-state index in [9.17, 15) is 4.79 Å². The number of rotatable bonds is 5. The number of carbonyl (C=O) groups excluding carboxylic acids is 1. The van der Waals surface area contributed by atoms with Crippen molar-refractivity contribution in [2.45, 2.75) is 19.4 Å². The Morgan fingerprint density at radius 1 is 1.22 bits per heavy atom. The molecule has 2 saturated heterocycles. The van der Waals surface area contributed by atoms with Gasteiger partial charge in [0.2, 0.25) is 5.91 Å². The molecule has 5 nitrogen and oxygen atoms in total. The average Bonchev–Trinajstić information content (AvgIpc) is 2.99. The second kappa shape index (κ2) is 7.75. The quantitative estimate of drug-likeness (QED) is 0.829. The van der Waals surface area contributed by atoms with E-state index in [1.165, 1.54) is 0 Å². The van der Waals surface area contributed by atoms with Gasteiger partial charge >= 0.3 is 0 Å². The number of nitrogens with zero attached hydrogens (tertiary/aromatic N) is 2. The van der Waals surface area contributed by atoms with Gasteiger partial charge in [0, 0.05) is 25.6 Å². The third-order valence-electron chi connectivity index (χ3n) is 4.48. The maximum atomic E-state index is 12.3. The first-order valence-electron chi connectivity index (χ1n) is 8.18. The maximum absolute atomic E-state index is 12.3. The van der Waals surface area contributed by atoms with E-state index in [1.54, 1.807) is 0 Å². The van der Waals surface area contributed by atoms with Gasteiger partial charge in [-0.25, -0.2) is 0 Å². The fourth-order valence-corrected chi connectivity index (χ4v) is 3.29. The fraction of sp³-hybridized carbons (Fsp3) is 0.529. The molecule has 2 heterocycles. The number of amides is 1. The van der Waals surface area contributed by atoms with Gasteiger partial charge in [0.25, 0.3) is 5.17 Å². The number of hydrogen-bond donors (Lipinski definition) is 1. The largest absolute Gasteiger partial charge is 0.469 e. The van der Waals surface area contributed by atoms with Gasteiger partial charge < -0.3 is 15.0 Å². The summed E-state index contributed by atoms with van der Waals surface area (Å²) in [6.45, 7) is 4.86. The first-order valence-corrected chi connectivity index (χ1v) is 8.59. The maximum Gasteiger partial charge on any atom is 0.260 e. The topological polar surface area (TPSA) is 44.8 Å². The Labute approximate surface area is 142 Å². The molecule has 23 heavy (non-hydrogen) atoms. The van der Waals surface area contributed by atoms with Crippen molar-refractivity contribution < 1.29 is 9.53 Å². The van der Waals surface area contributed by atoms with Crippen LogP contribution in [0.25, 0.3) is 0 Å². The first kappa shape index (κ1) is 16.2. The van der Waals surface area contributed by atoms with Crippen LogP contribution in [0.4, 0.5) is 0 Å². The zero-order chi connectivity index (χ0) is 16.1. The standard InChI is InChI=1S/C17H23N3O2S/c21-16(18-12-14-4-2-1-3-5-14)15-6-8-19(9-7-15)13-20-10-11-22-17(20)23/h1-5,15H,6-13H2,(H,18,21). The summed E-state index contributed by atoms with van der Waals surface area (Å²) in [4.78, 5) is 16.7. The van der Waals surface area contributed by atoms with Gasteiger partial charge in [0.1, 0.15) is 6.61 Å². The summed E-state index contributed by atoms with van der Waals surface area (Å²) in [5, 5.41) is 3.66. The van der Waals surface area contributed by atoms with Crippen LogP contribution in [0.5, 0.6) is 0 Å². The van der Waals surface area contributed by atoms with Crippen molar-refractivity contribution in [1.82, 2.24) is 15.1 Å². The third kappa shape index (κ3) is 4.42. The predicted molar refractivity (Wildman–Crippen MR) is 92.7 cm³/mol.